The van der Waals surface area contributed by atoms with Crippen LogP contribution in [0, 0.1) is 0 Å². The molecule has 5 nitrogen and oxygen atoms in total. The fourth-order valence-corrected chi connectivity index (χ4v) is 3.14. The molecule has 6 heteroatoms. The number of carbonyl (C=O) groups is 2. The number of benzene rings is 1. The highest BCUT2D eigenvalue weighted by Gasteiger charge is 2.20. The standard InChI is InChI=1S/C17H20N2O3S/c1-3-12-6-8-13(9-7-12)16(14-5-4-10-23-14)18-11-15(20)19-17(21)22-2/h4-10,16,18H,3,11H2,1-2H3,(H,19,20,21)/p+1/t16-/m1/s1. The number of hydrogen-bond donors (Lipinski definition) is 2. The molecule has 2 aromatic rings. The van der Waals surface area contributed by atoms with Gasteiger partial charge in [0.2, 0.25) is 0 Å². The topological polar surface area (TPSA) is 72.0 Å². The summed E-state index contributed by atoms with van der Waals surface area (Å²) in [5.41, 5.74) is 2.41. The second kappa shape index (κ2) is 8.45. The Labute approximate surface area is 139 Å². The molecule has 0 saturated heterocycles. The number of quaternary nitrogens is 1. The van der Waals surface area contributed by atoms with Crippen LogP contribution in [0.25, 0.3) is 0 Å². The summed E-state index contributed by atoms with van der Waals surface area (Å²) in [5, 5.41) is 6.11. The molecule has 0 unspecified atom stereocenters. The maximum atomic E-state index is 11.8. The van der Waals surface area contributed by atoms with Crippen LogP contribution in [-0.2, 0) is 16.0 Å². The average Bonchev–Trinajstić information content (AvgIpc) is 3.09. The van der Waals surface area contributed by atoms with Crippen LogP contribution in [0.2, 0.25) is 0 Å². The molecular weight excluding hydrogens is 312 g/mol. The minimum Gasteiger partial charge on any atom is -0.453 e. The molecule has 0 aliphatic carbocycles. The summed E-state index contributed by atoms with van der Waals surface area (Å²) in [7, 11) is 1.23. The number of nitrogens with two attached hydrogens (primary N) is 1. The first-order valence-corrected chi connectivity index (χ1v) is 8.35. The van der Waals surface area contributed by atoms with Crippen molar-refractivity contribution in [1.82, 2.24) is 5.32 Å². The lowest BCUT2D eigenvalue weighted by atomic mass is 10.0. The number of methoxy groups -OCH3 is 1. The number of imide groups is 1. The highest BCUT2D eigenvalue weighted by Crippen LogP contribution is 2.23. The minimum atomic E-state index is -0.733. The van der Waals surface area contributed by atoms with Crippen molar-refractivity contribution in [3.05, 3.63) is 57.8 Å². The molecule has 1 aromatic carbocycles. The summed E-state index contributed by atoms with van der Waals surface area (Å²) in [4.78, 5) is 24.0. The minimum absolute atomic E-state index is 0.0318. The van der Waals surface area contributed by atoms with E-state index in [2.05, 4.69) is 47.3 Å². The van der Waals surface area contributed by atoms with Crippen molar-refractivity contribution >= 4 is 23.3 Å². The highest BCUT2D eigenvalue weighted by atomic mass is 32.1. The maximum Gasteiger partial charge on any atom is 0.413 e. The zero-order chi connectivity index (χ0) is 16.7. The van der Waals surface area contributed by atoms with E-state index in [4.69, 9.17) is 0 Å². The molecule has 0 bridgehead atoms. The summed E-state index contributed by atoms with van der Waals surface area (Å²) >= 11 is 1.65. The molecule has 0 aliphatic heterocycles. The van der Waals surface area contributed by atoms with E-state index in [9.17, 15) is 9.59 Å². The van der Waals surface area contributed by atoms with Crippen LogP contribution < -0.4 is 10.6 Å². The first-order chi connectivity index (χ1) is 11.1. The van der Waals surface area contributed by atoms with Gasteiger partial charge >= 0.3 is 6.09 Å². The van der Waals surface area contributed by atoms with Crippen molar-refractivity contribution in [3.8, 4) is 0 Å². The van der Waals surface area contributed by atoms with Gasteiger partial charge in [0.15, 0.2) is 6.54 Å². The third kappa shape index (κ3) is 4.91. The molecule has 2 rings (SSSR count). The van der Waals surface area contributed by atoms with Gasteiger partial charge in [-0.2, -0.15) is 0 Å². The van der Waals surface area contributed by atoms with E-state index >= 15 is 0 Å². The summed E-state index contributed by atoms with van der Waals surface area (Å²) in [6.07, 6.45) is 0.262. The zero-order valence-electron chi connectivity index (χ0n) is 13.2. The van der Waals surface area contributed by atoms with Gasteiger partial charge < -0.3 is 10.1 Å². The molecule has 1 aromatic heterocycles. The van der Waals surface area contributed by atoms with Crippen LogP contribution in [0.5, 0.6) is 0 Å². The second-order valence-corrected chi connectivity index (χ2v) is 6.05. The van der Waals surface area contributed by atoms with Crippen LogP contribution in [0.15, 0.2) is 41.8 Å². The normalized spacial score (nSPS) is 11.7. The third-order valence-electron chi connectivity index (χ3n) is 3.56. The van der Waals surface area contributed by atoms with E-state index in [0.29, 0.717) is 0 Å². The van der Waals surface area contributed by atoms with E-state index in [1.807, 2.05) is 16.8 Å². The Hall–Kier alpha value is -2.18. The largest absolute Gasteiger partial charge is 0.453 e. The lowest BCUT2D eigenvalue weighted by molar-refractivity contribution is -0.676. The summed E-state index contributed by atoms with van der Waals surface area (Å²) < 4.78 is 4.43. The molecular formula is C17H21N2O3S+. The number of aryl methyl sites for hydroxylation is 1. The summed E-state index contributed by atoms with van der Waals surface area (Å²) in [6, 6.07) is 12.5. The number of nitrogens with one attached hydrogen (secondary N) is 1. The lowest BCUT2D eigenvalue weighted by Crippen LogP contribution is -2.87. The SMILES string of the molecule is CCc1ccc([C@@H]([NH2+]CC(=O)NC(=O)OC)c2cccs2)cc1. The van der Waals surface area contributed by atoms with Gasteiger partial charge in [-0.3, -0.25) is 10.1 Å². The molecule has 1 atom stereocenters. The fourth-order valence-electron chi connectivity index (χ4n) is 2.29. The van der Waals surface area contributed by atoms with Gasteiger partial charge in [0.25, 0.3) is 5.91 Å². The molecule has 1 heterocycles. The molecule has 0 saturated carbocycles. The van der Waals surface area contributed by atoms with Crippen LogP contribution in [0.1, 0.15) is 29.0 Å². The number of thiophene rings is 1. The van der Waals surface area contributed by atoms with Crippen molar-refractivity contribution in [3.63, 3.8) is 0 Å². The van der Waals surface area contributed by atoms with Gasteiger partial charge in [0.1, 0.15) is 6.04 Å². The molecule has 23 heavy (non-hydrogen) atoms. The van der Waals surface area contributed by atoms with Crippen LogP contribution in [0.3, 0.4) is 0 Å². The van der Waals surface area contributed by atoms with Crippen LogP contribution in [0.4, 0.5) is 4.79 Å². The Morgan fingerprint density at radius 3 is 2.57 bits per heavy atom. The first kappa shape index (κ1) is 17.2. The van der Waals surface area contributed by atoms with E-state index in [0.717, 1.165) is 12.0 Å². The summed E-state index contributed by atoms with van der Waals surface area (Å²) in [5.74, 6) is -0.372. The maximum absolute atomic E-state index is 11.8. The van der Waals surface area contributed by atoms with E-state index in [1.54, 1.807) is 11.3 Å². The van der Waals surface area contributed by atoms with Gasteiger partial charge in [0.05, 0.1) is 12.0 Å². The Kier molecular flexibility index (Phi) is 6.31. The molecule has 0 radical (unpaired) electrons. The first-order valence-electron chi connectivity index (χ1n) is 7.47. The quantitative estimate of drug-likeness (QED) is 0.847. The van der Waals surface area contributed by atoms with Crippen molar-refractivity contribution in [2.24, 2.45) is 0 Å². The van der Waals surface area contributed by atoms with Crippen molar-refractivity contribution in [1.29, 1.82) is 0 Å². The Morgan fingerprint density at radius 2 is 2.00 bits per heavy atom. The predicted molar refractivity (Wildman–Crippen MR) is 89.3 cm³/mol. The Bertz CT molecular complexity index is 638. The molecule has 0 aliphatic rings. The third-order valence-corrected chi connectivity index (χ3v) is 4.52. The monoisotopic (exact) mass is 333 g/mol. The fraction of sp³-hybridized carbons (Fsp3) is 0.294. The molecule has 122 valence electrons. The van der Waals surface area contributed by atoms with Crippen LogP contribution >= 0.6 is 11.3 Å². The van der Waals surface area contributed by atoms with Crippen molar-refractivity contribution in [2.45, 2.75) is 19.4 Å². The number of hydrogen-bond acceptors (Lipinski definition) is 4. The van der Waals surface area contributed by atoms with Crippen LogP contribution in [-0.4, -0.2) is 25.7 Å². The Balaban J connectivity index is 2.09. The van der Waals surface area contributed by atoms with E-state index in [-0.39, 0.29) is 18.5 Å². The molecule has 0 spiro atoms. The summed E-state index contributed by atoms with van der Waals surface area (Å²) in [6.45, 7) is 2.27. The predicted octanol–water partition coefficient (Wildman–Crippen LogP) is 1.85. The van der Waals surface area contributed by atoms with Gasteiger partial charge in [-0.1, -0.05) is 37.3 Å². The smallest absolute Gasteiger partial charge is 0.413 e. The number of amides is 2. The van der Waals surface area contributed by atoms with Gasteiger partial charge in [-0.25, -0.2) is 4.79 Å². The number of carbonyl (C=O) groups excluding carboxylic acids is 2. The Morgan fingerprint density at radius 1 is 1.26 bits per heavy atom. The molecule has 0 fully saturated rings. The zero-order valence-corrected chi connectivity index (χ0v) is 14.1. The average molecular weight is 333 g/mol. The van der Waals surface area contributed by atoms with Gasteiger partial charge in [-0.05, 0) is 23.4 Å². The molecule has 3 N–H and O–H groups in total. The highest BCUT2D eigenvalue weighted by molar-refractivity contribution is 7.10. The number of alkyl carbamates (subject to hydrolysis) is 1. The number of ether oxygens (including phenoxy) is 1. The van der Waals surface area contributed by atoms with Gasteiger partial charge in [-0.15, -0.1) is 11.3 Å². The van der Waals surface area contributed by atoms with Crippen molar-refractivity contribution in [2.75, 3.05) is 13.7 Å². The van der Waals surface area contributed by atoms with E-state index < -0.39 is 6.09 Å². The van der Waals surface area contributed by atoms with E-state index in [1.165, 1.54) is 17.6 Å². The molecule has 2 amide bonds. The second-order valence-electron chi connectivity index (χ2n) is 5.07. The number of rotatable bonds is 6. The lowest BCUT2D eigenvalue weighted by Gasteiger charge is -2.15. The van der Waals surface area contributed by atoms with Crippen molar-refractivity contribution < 1.29 is 19.6 Å². The van der Waals surface area contributed by atoms with Gasteiger partial charge in [0, 0.05) is 5.56 Å².